The van der Waals surface area contributed by atoms with Crippen molar-refractivity contribution >= 4 is 29.6 Å². The monoisotopic (exact) mass is 379 g/mol. The van der Waals surface area contributed by atoms with Gasteiger partial charge in [0.05, 0.1) is 13.5 Å². The first-order valence-electron chi connectivity index (χ1n) is 8.39. The molecule has 1 aromatic rings. The summed E-state index contributed by atoms with van der Waals surface area (Å²) < 4.78 is 4.49. The van der Waals surface area contributed by atoms with E-state index < -0.39 is 23.5 Å². The Morgan fingerprint density at radius 2 is 1.70 bits per heavy atom. The molecule has 0 aromatic heterocycles. The van der Waals surface area contributed by atoms with Crippen molar-refractivity contribution in [3.63, 3.8) is 0 Å². The zero-order valence-corrected chi connectivity index (χ0v) is 15.6. The van der Waals surface area contributed by atoms with Crippen molar-refractivity contribution < 1.29 is 29.0 Å². The number of carboxylic acids is 1. The van der Waals surface area contributed by atoms with Crippen LogP contribution in [0.1, 0.15) is 43.5 Å². The molecule has 0 spiro atoms. The highest BCUT2D eigenvalue weighted by atomic mass is 16.5. The van der Waals surface area contributed by atoms with Crippen LogP contribution in [0.5, 0.6) is 0 Å². The molecular formula is C18H25N3O6. The summed E-state index contributed by atoms with van der Waals surface area (Å²) in [6, 6.07) is 5.75. The van der Waals surface area contributed by atoms with Gasteiger partial charge >= 0.3 is 18.0 Å². The van der Waals surface area contributed by atoms with Gasteiger partial charge in [0.2, 0.25) is 0 Å². The van der Waals surface area contributed by atoms with Gasteiger partial charge in [0, 0.05) is 29.8 Å². The SMILES string of the molecule is COC(=O)CCNC(=O)c1ccc(NC(=O)NC(C)(C)CCC(=O)O)cc1. The van der Waals surface area contributed by atoms with Crippen LogP contribution in [0.2, 0.25) is 0 Å². The first-order chi connectivity index (χ1) is 12.6. The Morgan fingerprint density at radius 3 is 2.26 bits per heavy atom. The third kappa shape index (κ3) is 8.70. The van der Waals surface area contributed by atoms with Gasteiger partial charge in [0.25, 0.3) is 5.91 Å². The number of esters is 1. The van der Waals surface area contributed by atoms with E-state index in [0.29, 0.717) is 17.7 Å². The number of methoxy groups -OCH3 is 1. The van der Waals surface area contributed by atoms with Crippen LogP contribution in [-0.4, -0.2) is 48.2 Å². The molecule has 1 rings (SSSR count). The Bertz CT molecular complexity index is 685. The molecule has 0 fully saturated rings. The number of ether oxygens (including phenoxy) is 1. The molecule has 0 atom stereocenters. The van der Waals surface area contributed by atoms with Gasteiger partial charge in [-0.25, -0.2) is 4.79 Å². The van der Waals surface area contributed by atoms with Gasteiger partial charge in [-0.1, -0.05) is 0 Å². The topological polar surface area (TPSA) is 134 Å². The average molecular weight is 379 g/mol. The fourth-order valence-electron chi connectivity index (χ4n) is 2.14. The maximum Gasteiger partial charge on any atom is 0.319 e. The molecule has 0 aliphatic rings. The largest absolute Gasteiger partial charge is 0.481 e. The van der Waals surface area contributed by atoms with Gasteiger partial charge in [0.1, 0.15) is 0 Å². The van der Waals surface area contributed by atoms with Crippen LogP contribution in [0.4, 0.5) is 10.5 Å². The number of anilines is 1. The molecule has 9 heteroatoms. The number of carbonyl (C=O) groups excluding carboxylic acids is 3. The molecular weight excluding hydrogens is 354 g/mol. The fourth-order valence-corrected chi connectivity index (χ4v) is 2.14. The van der Waals surface area contributed by atoms with Gasteiger partial charge in [-0.2, -0.15) is 0 Å². The maximum absolute atomic E-state index is 12.0. The van der Waals surface area contributed by atoms with Crippen LogP contribution >= 0.6 is 0 Å². The summed E-state index contributed by atoms with van der Waals surface area (Å²) in [5, 5.41) is 16.7. The molecule has 148 valence electrons. The molecule has 0 aliphatic heterocycles. The molecule has 0 radical (unpaired) electrons. The lowest BCUT2D eigenvalue weighted by atomic mass is 9.99. The number of benzene rings is 1. The summed E-state index contributed by atoms with van der Waals surface area (Å²) >= 11 is 0. The van der Waals surface area contributed by atoms with Crippen LogP contribution in [0.15, 0.2) is 24.3 Å². The molecule has 3 amide bonds. The Morgan fingerprint density at radius 1 is 1.07 bits per heavy atom. The molecule has 0 bridgehead atoms. The Labute approximate surface area is 157 Å². The van der Waals surface area contributed by atoms with Crippen molar-refractivity contribution in [1.29, 1.82) is 0 Å². The summed E-state index contributed by atoms with van der Waals surface area (Å²) in [5.74, 6) is -1.68. The quantitative estimate of drug-likeness (QED) is 0.483. The zero-order chi connectivity index (χ0) is 20.4. The molecule has 27 heavy (non-hydrogen) atoms. The van der Waals surface area contributed by atoms with E-state index in [4.69, 9.17) is 5.11 Å². The van der Waals surface area contributed by atoms with Gasteiger partial charge in [-0.3, -0.25) is 14.4 Å². The summed E-state index contributed by atoms with van der Waals surface area (Å²) in [5.41, 5.74) is 0.183. The first kappa shape index (κ1) is 21.9. The summed E-state index contributed by atoms with van der Waals surface area (Å²) in [6.07, 6.45) is 0.327. The van der Waals surface area contributed by atoms with E-state index in [2.05, 4.69) is 20.7 Å². The van der Waals surface area contributed by atoms with Crippen molar-refractivity contribution in [1.82, 2.24) is 10.6 Å². The standard InChI is InChI=1S/C18H25N3O6/c1-18(2,10-8-14(22)23)21-17(26)20-13-6-4-12(5-7-13)16(25)19-11-9-15(24)27-3/h4-7H,8-11H2,1-3H3,(H,19,25)(H,22,23)(H2,20,21,26). The van der Waals surface area contributed by atoms with Crippen LogP contribution in [-0.2, 0) is 14.3 Å². The molecule has 0 aliphatic carbocycles. The van der Waals surface area contributed by atoms with E-state index in [1.54, 1.807) is 38.1 Å². The summed E-state index contributed by atoms with van der Waals surface area (Å²) in [4.78, 5) is 45.6. The van der Waals surface area contributed by atoms with E-state index in [1.807, 2.05) is 0 Å². The minimum Gasteiger partial charge on any atom is -0.481 e. The number of aliphatic carboxylic acids is 1. The van der Waals surface area contributed by atoms with Crippen molar-refractivity contribution in [3.8, 4) is 0 Å². The number of urea groups is 1. The first-order valence-corrected chi connectivity index (χ1v) is 8.39. The second-order valence-corrected chi connectivity index (χ2v) is 6.52. The minimum absolute atomic E-state index is 0.0485. The number of carbonyl (C=O) groups is 4. The highest BCUT2D eigenvalue weighted by Crippen LogP contribution is 2.13. The van der Waals surface area contributed by atoms with Crippen molar-refractivity contribution in [2.75, 3.05) is 19.0 Å². The van der Waals surface area contributed by atoms with E-state index >= 15 is 0 Å². The number of nitrogens with one attached hydrogen (secondary N) is 3. The smallest absolute Gasteiger partial charge is 0.319 e. The highest BCUT2D eigenvalue weighted by Gasteiger charge is 2.21. The van der Waals surface area contributed by atoms with Crippen LogP contribution in [0.3, 0.4) is 0 Å². The van der Waals surface area contributed by atoms with Crippen molar-refractivity contribution in [3.05, 3.63) is 29.8 Å². The zero-order valence-electron chi connectivity index (χ0n) is 15.6. The lowest BCUT2D eigenvalue weighted by Gasteiger charge is -2.25. The third-order valence-corrected chi connectivity index (χ3v) is 3.66. The molecule has 1 aromatic carbocycles. The number of hydrogen-bond acceptors (Lipinski definition) is 5. The lowest BCUT2D eigenvalue weighted by Crippen LogP contribution is -2.45. The minimum atomic E-state index is -0.925. The predicted octanol–water partition coefficient (Wildman–Crippen LogP) is 1.74. The molecule has 0 heterocycles. The summed E-state index contributed by atoms with van der Waals surface area (Å²) in [7, 11) is 1.28. The van der Waals surface area contributed by atoms with Crippen molar-refractivity contribution in [2.24, 2.45) is 0 Å². The summed E-state index contributed by atoms with van der Waals surface area (Å²) in [6.45, 7) is 3.63. The molecule has 0 saturated carbocycles. The second-order valence-electron chi connectivity index (χ2n) is 6.52. The van der Waals surface area contributed by atoms with Crippen LogP contribution < -0.4 is 16.0 Å². The Balaban J connectivity index is 2.51. The lowest BCUT2D eigenvalue weighted by molar-refractivity contribution is -0.140. The number of rotatable bonds is 9. The van der Waals surface area contributed by atoms with E-state index in [9.17, 15) is 19.2 Å². The van der Waals surface area contributed by atoms with E-state index in [0.717, 1.165) is 0 Å². The molecule has 4 N–H and O–H groups in total. The number of amides is 3. The van der Waals surface area contributed by atoms with E-state index in [-0.39, 0.29) is 25.3 Å². The maximum atomic E-state index is 12.0. The second kappa shape index (κ2) is 10.1. The molecule has 0 saturated heterocycles. The normalized spacial score (nSPS) is 10.6. The van der Waals surface area contributed by atoms with Gasteiger partial charge < -0.3 is 25.8 Å². The Hall–Kier alpha value is -3.10. The van der Waals surface area contributed by atoms with Gasteiger partial charge in [-0.05, 0) is 44.5 Å². The van der Waals surface area contributed by atoms with Gasteiger partial charge in [0.15, 0.2) is 0 Å². The van der Waals surface area contributed by atoms with E-state index in [1.165, 1.54) is 7.11 Å². The molecule has 0 unspecified atom stereocenters. The van der Waals surface area contributed by atoms with Crippen LogP contribution in [0.25, 0.3) is 0 Å². The highest BCUT2D eigenvalue weighted by molar-refractivity contribution is 5.95. The average Bonchev–Trinajstić information content (AvgIpc) is 2.59. The number of carboxylic acid groups (broad SMARTS) is 1. The number of hydrogen-bond donors (Lipinski definition) is 4. The van der Waals surface area contributed by atoms with Crippen molar-refractivity contribution in [2.45, 2.75) is 38.6 Å². The fraction of sp³-hybridized carbons (Fsp3) is 0.444. The van der Waals surface area contributed by atoms with Crippen LogP contribution in [0, 0.1) is 0 Å². The Kier molecular flexibility index (Phi) is 8.25. The predicted molar refractivity (Wildman–Crippen MR) is 98.5 cm³/mol. The molecule has 9 nitrogen and oxygen atoms in total. The third-order valence-electron chi connectivity index (χ3n) is 3.66. The van der Waals surface area contributed by atoms with Gasteiger partial charge in [-0.15, -0.1) is 0 Å².